The quantitative estimate of drug-likeness (QED) is 0.420. The average Bonchev–Trinajstić information content (AvgIpc) is 2.93. The standard InChI is InChI=1S/C22H13Cl3N2O2S/c23-13-6-8-18(9-7-13)30-20-19(26-16-4-2-1-3-5-16)21(28)27(22(20)29)17-11-14(24)10-15(25)12-17/h1-12,26H. The third-order valence-corrected chi connectivity index (χ3v) is 6.00. The fourth-order valence-corrected chi connectivity index (χ4v) is 4.47. The number of nitrogens with zero attached hydrogens (tertiary/aromatic N) is 1. The van der Waals surface area contributed by atoms with E-state index in [-0.39, 0.29) is 10.6 Å². The first kappa shape index (κ1) is 20.8. The van der Waals surface area contributed by atoms with Crippen LogP contribution in [-0.4, -0.2) is 11.8 Å². The molecule has 0 spiro atoms. The number of para-hydroxylation sites is 1. The molecule has 0 bridgehead atoms. The van der Waals surface area contributed by atoms with Crippen molar-refractivity contribution in [3.63, 3.8) is 0 Å². The van der Waals surface area contributed by atoms with Gasteiger partial charge in [0.25, 0.3) is 11.8 Å². The van der Waals surface area contributed by atoms with E-state index in [4.69, 9.17) is 34.8 Å². The maximum Gasteiger partial charge on any atom is 0.283 e. The SMILES string of the molecule is O=C1C(Nc2ccccc2)=C(Sc2ccc(Cl)cc2)C(=O)N1c1cc(Cl)cc(Cl)c1. The number of carbonyl (C=O) groups excluding carboxylic acids is 2. The van der Waals surface area contributed by atoms with Crippen LogP contribution in [0.3, 0.4) is 0 Å². The van der Waals surface area contributed by atoms with E-state index in [0.29, 0.717) is 26.4 Å². The highest BCUT2D eigenvalue weighted by molar-refractivity contribution is 8.04. The van der Waals surface area contributed by atoms with Crippen LogP contribution in [0.4, 0.5) is 11.4 Å². The average molecular weight is 476 g/mol. The summed E-state index contributed by atoms with van der Waals surface area (Å²) >= 11 is 19.3. The van der Waals surface area contributed by atoms with Crippen LogP contribution in [0, 0.1) is 0 Å². The maximum absolute atomic E-state index is 13.3. The van der Waals surface area contributed by atoms with Gasteiger partial charge in [0.15, 0.2) is 0 Å². The van der Waals surface area contributed by atoms with Crippen molar-refractivity contribution in [3.8, 4) is 0 Å². The Morgan fingerprint density at radius 1 is 0.733 bits per heavy atom. The molecule has 3 aromatic rings. The fourth-order valence-electron chi connectivity index (χ4n) is 2.90. The van der Waals surface area contributed by atoms with Crippen molar-refractivity contribution in [1.82, 2.24) is 0 Å². The largest absolute Gasteiger partial charge is 0.350 e. The Labute approximate surface area is 192 Å². The molecule has 1 aliphatic rings. The Kier molecular flexibility index (Phi) is 6.06. The molecule has 1 aliphatic heterocycles. The molecular weight excluding hydrogens is 463 g/mol. The molecule has 8 heteroatoms. The Morgan fingerprint density at radius 3 is 2.00 bits per heavy atom. The third-order valence-electron chi connectivity index (χ3n) is 4.22. The van der Waals surface area contributed by atoms with Crippen LogP contribution in [0.25, 0.3) is 0 Å². The van der Waals surface area contributed by atoms with Crippen molar-refractivity contribution in [2.45, 2.75) is 4.90 Å². The van der Waals surface area contributed by atoms with Crippen LogP contribution in [0.5, 0.6) is 0 Å². The van der Waals surface area contributed by atoms with E-state index in [0.717, 1.165) is 9.80 Å². The molecule has 0 atom stereocenters. The number of amides is 2. The van der Waals surface area contributed by atoms with E-state index >= 15 is 0 Å². The first-order valence-corrected chi connectivity index (χ1v) is 10.7. The van der Waals surface area contributed by atoms with Crippen molar-refractivity contribution in [3.05, 3.63) is 98.5 Å². The molecule has 0 unspecified atom stereocenters. The summed E-state index contributed by atoms with van der Waals surface area (Å²) in [5, 5.41) is 4.33. The van der Waals surface area contributed by atoms with Crippen LogP contribution >= 0.6 is 46.6 Å². The second-order valence-corrected chi connectivity index (χ2v) is 8.72. The predicted octanol–water partition coefficient (Wildman–Crippen LogP) is 6.64. The van der Waals surface area contributed by atoms with Crippen LogP contribution < -0.4 is 10.2 Å². The molecular formula is C22H13Cl3N2O2S. The first-order valence-electron chi connectivity index (χ1n) is 8.77. The van der Waals surface area contributed by atoms with E-state index in [1.54, 1.807) is 24.3 Å². The van der Waals surface area contributed by atoms with E-state index in [1.807, 2.05) is 30.3 Å². The summed E-state index contributed by atoms with van der Waals surface area (Å²) in [4.78, 5) is 28.7. The molecule has 0 saturated carbocycles. The highest BCUT2D eigenvalue weighted by Crippen LogP contribution is 2.39. The van der Waals surface area contributed by atoms with Crippen molar-refractivity contribution in [2.24, 2.45) is 0 Å². The molecule has 30 heavy (non-hydrogen) atoms. The topological polar surface area (TPSA) is 49.4 Å². The number of benzene rings is 3. The van der Waals surface area contributed by atoms with Gasteiger partial charge >= 0.3 is 0 Å². The van der Waals surface area contributed by atoms with Gasteiger partial charge in [0, 0.05) is 25.7 Å². The molecule has 4 nitrogen and oxygen atoms in total. The molecule has 1 heterocycles. The number of rotatable bonds is 5. The summed E-state index contributed by atoms with van der Waals surface area (Å²) in [7, 11) is 0. The minimum atomic E-state index is -0.487. The van der Waals surface area contributed by atoms with Gasteiger partial charge in [0.1, 0.15) is 10.6 Å². The van der Waals surface area contributed by atoms with E-state index in [2.05, 4.69) is 5.32 Å². The van der Waals surface area contributed by atoms with Crippen LogP contribution in [0.2, 0.25) is 15.1 Å². The van der Waals surface area contributed by atoms with Gasteiger partial charge in [-0.1, -0.05) is 64.8 Å². The smallest absolute Gasteiger partial charge is 0.283 e. The van der Waals surface area contributed by atoms with Crippen molar-refractivity contribution in [2.75, 3.05) is 10.2 Å². The van der Waals surface area contributed by atoms with Crippen molar-refractivity contribution < 1.29 is 9.59 Å². The third kappa shape index (κ3) is 4.35. The fraction of sp³-hybridized carbons (Fsp3) is 0. The number of thioether (sulfide) groups is 1. The number of hydrogen-bond acceptors (Lipinski definition) is 4. The van der Waals surface area contributed by atoms with Crippen LogP contribution in [0.15, 0.2) is 88.3 Å². The normalized spacial score (nSPS) is 13.9. The zero-order valence-corrected chi connectivity index (χ0v) is 18.3. The molecule has 1 N–H and O–H groups in total. The Balaban J connectivity index is 1.76. The minimum absolute atomic E-state index is 0.183. The molecule has 0 aliphatic carbocycles. The summed E-state index contributed by atoms with van der Waals surface area (Å²) in [5.74, 6) is -0.949. The summed E-state index contributed by atoms with van der Waals surface area (Å²) < 4.78 is 0. The maximum atomic E-state index is 13.3. The van der Waals surface area contributed by atoms with E-state index in [1.165, 1.54) is 30.0 Å². The minimum Gasteiger partial charge on any atom is -0.350 e. The molecule has 150 valence electrons. The number of nitrogens with one attached hydrogen (secondary N) is 1. The molecule has 0 fully saturated rings. The lowest BCUT2D eigenvalue weighted by molar-refractivity contribution is -0.120. The first-order chi connectivity index (χ1) is 14.4. The number of anilines is 2. The number of halogens is 3. The molecule has 0 radical (unpaired) electrons. The highest BCUT2D eigenvalue weighted by Gasteiger charge is 2.40. The van der Waals surface area contributed by atoms with Gasteiger partial charge < -0.3 is 5.32 Å². The zero-order valence-electron chi connectivity index (χ0n) is 15.2. The molecule has 0 saturated heterocycles. The van der Waals surface area contributed by atoms with Gasteiger partial charge in [-0.25, -0.2) is 4.90 Å². The van der Waals surface area contributed by atoms with Gasteiger partial charge in [0.2, 0.25) is 0 Å². The Hall–Kier alpha value is -2.44. The van der Waals surface area contributed by atoms with Gasteiger partial charge in [-0.3, -0.25) is 9.59 Å². The van der Waals surface area contributed by atoms with Gasteiger partial charge in [0.05, 0.1) is 5.69 Å². The van der Waals surface area contributed by atoms with E-state index < -0.39 is 11.8 Å². The van der Waals surface area contributed by atoms with Crippen molar-refractivity contribution in [1.29, 1.82) is 0 Å². The Bertz CT molecular complexity index is 1140. The van der Waals surface area contributed by atoms with E-state index in [9.17, 15) is 9.59 Å². The zero-order chi connectivity index (χ0) is 21.3. The van der Waals surface area contributed by atoms with Gasteiger partial charge in [-0.2, -0.15) is 0 Å². The number of imide groups is 1. The van der Waals surface area contributed by atoms with Gasteiger partial charge in [-0.05, 0) is 54.6 Å². The summed E-state index contributed by atoms with van der Waals surface area (Å²) in [6.07, 6.45) is 0. The highest BCUT2D eigenvalue weighted by atomic mass is 35.5. The predicted molar refractivity (Wildman–Crippen MR) is 123 cm³/mol. The lowest BCUT2D eigenvalue weighted by atomic mass is 10.3. The van der Waals surface area contributed by atoms with Crippen molar-refractivity contribution >= 4 is 69.8 Å². The van der Waals surface area contributed by atoms with Gasteiger partial charge in [-0.15, -0.1) is 0 Å². The monoisotopic (exact) mass is 474 g/mol. The lowest BCUT2D eigenvalue weighted by Crippen LogP contribution is -2.32. The molecule has 4 rings (SSSR count). The Morgan fingerprint density at radius 2 is 1.37 bits per heavy atom. The second kappa shape index (κ2) is 8.74. The molecule has 2 amide bonds. The van der Waals surface area contributed by atoms with Crippen LogP contribution in [0.1, 0.15) is 0 Å². The summed E-state index contributed by atoms with van der Waals surface area (Å²) in [5.41, 5.74) is 1.18. The van der Waals surface area contributed by atoms with Crippen LogP contribution in [-0.2, 0) is 9.59 Å². The second-order valence-electron chi connectivity index (χ2n) is 6.32. The number of hydrogen-bond donors (Lipinski definition) is 1. The summed E-state index contributed by atoms with van der Waals surface area (Å²) in [6.45, 7) is 0. The molecule has 0 aromatic heterocycles. The number of carbonyl (C=O) groups is 2. The lowest BCUT2D eigenvalue weighted by Gasteiger charge is -2.16. The molecule has 3 aromatic carbocycles. The summed E-state index contributed by atoms with van der Waals surface area (Å²) in [6, 6.07) is 20.8.